The molecule has 2 rings (SSSR count). The summed E-state index contributed by atoms with van der Waals surface area (Å²) in [5.41, 5.74) is 1.25. The van der Waals surface area contributed by atoms with E-state index in [1.807, 2.05) is 6.07 Å². The lowest BCUT2D eigenvalue weighted by Gasteiger charge is -2.24. The van der Waals surface area contributed by atoms with Crippen molar-refractivity contribution in [3.8, 4) is 11.5 Å². The number of hydrogen-bond acceptors (Lipinski definition) is 4. The fraction of sp³-hybridized carbons (Fsp3) is 0.625. The van der Waals surface area contributed by atoms with Gasteiger partial charge in [-0.25, -0.2) is 0 Å². The van der Waals surface area contributed by atoms with Crippen molar-refractivity contribution in [1.82, 2.24) is 5.32 Å². The Morgan fingerprint density at radius 3 is 2.70 bits per heavy atom. The molecule has 0 amide bonds. The molecule has 2 atom stereocenters. The molecule has 0 bridgehead atoms. The normalized spacial score (nSPS) is 16.8. The van der Waals surface area contributed by atoms with E-state index in [-0.39, 0.29) is 0 Å². The number of benzene rings is 1. The minimum atomic E-state index is 0.320. The molecule has 0 aliphatic carbocycles. The van der Waals surface area contributed by atoms with Crippen LogP contribution >= 0.6 is 0 Å². The minimum absolute atomic E-state index is 0.320. The number of hydrogen-bond donors (Lipinski definition) is 1. The second kappa shape index (κ2) is 7.50. The third-order valence-electron chi connectivity index (χ3n) is 3.51. The Balaban J connectivity index is 2.11. The SMILES string of the molecule is CCNC(CC(C)COC)c1ccc2c(c1)OCCO2. The van der Waals surface area contributed by atoms with Gasteiger partial charge in [-0.1, -0.05) is 19.9 Å². The predicted octanol–water partition coefficient (Wildman–Crippen LogP) is 2.78. The van der Waals surface area contributed by atoms with E-state index in [1.54, 1.807) is 7.11 Å². The van der Waals surface area contributed by atoms with Crippen LogP contribution in [-0.4, -0.2) is 33.5 Å². The van der Waals surface area contributed by atoms with Gasteiger partial charge in [0.25, 0.3) is 0 Å². The van der Waals surface area contributed by atoms with Gasteiger partial charge in [0.2, 0.25) is 0 Å². The Kier molecular flexibility index (Phi) is 5.68. The summed E-state index contributed by atoms with van der Waals surface area (Å²) in [4.78, 5) is 0. The zero-order valence-corrected chi connectivity index (χ0v) is 12.6. The first-order chi connectivity index (χ1) is 9.74. The molecule has 0 saturated heterocycles. The molecule has 4 nitrogen and oxygen atoms in total. The highest BCUT2D eigenvalue weighted by Gasteiger charge is 2.18. The van der Waals surface area contributed by atoms with Gasteiger partial charge in [-0.2, -0.15) is 0 Å². The van der Waals surface area contributed by atoms with Gasteiger partial charge in [0, 0.05) is 19.8 Å². The number of rotatable bonds is 7. The Hall–Kier alpha value is -1.26. The summed E-state index contributed by atoms with van der Waals surface area (Å²) in [6.07, 6.45) is 1.04. The van der Waals surface area contributed by atoms with E-state index in [0.717, 1.165) is 31.1 Å². The van der Waals surface area contributed by atoms with Crippen molar-refractivity contribution in [2.24, 2.45) is 5.92 Å². The lowest BCUT2D eigenvalue weighted by molar-refractivity contribution is 0.149. The molecule has 20 heavy (non-hydrogen) atoms. The van der Waals surface area contributed by atoms with Crippen LogP contribution in [0.4, 0.5) is 0 Å². The maximum Gasteiger partial charge on any atom is 0.161 e. The first-order valence-corrected chi connectivity index (χ1v) is 7.36. The predicted molar refractivity (Wildman–Crippen MR) is 79.5 cm³/mol. The molecule has 1 aliphatic heterocycles. The van der Waals surface area contributed by atoms with Crippen molar-refractivity contribution in [2.75, 3.05) is 33.5 Å². The molecular formula is C16H25NO3. The maximum absolute atomic E-state index is 5.67. The number of nitrogens with one attached hydrogen (secondary N) is 1. The van der Waals surface area contributed by atoms with Crippen molar-refractivity contribution in [1.29, 1.82) is 0 Å². The highest BCUT2D eigenvalue weighted by molar-refractivity contribution is 5.44. The Morgan fingerprint density at radius 2 is 2.00 bits per heavy atom. The summed E-state index contributed by atoms with van der Waals surface area (Å²) in [6, 6.07) is 6.55. The van der Waals surface area contributed by atoms with Crippen LogP contribution in [0.2, 0.25) is 0 Å². The molecule has 1 aliphatic rings. The Morgan fingerprint density at radius 1 is 1.25 bits per heavy atom. The van der Waals surface area contributed by atoms with Crippen LogP contribution < -0.4 is 14.8 Å². The molecule has 2 unspecified atom stereocenters. The smallest absolute Gasteiger partial charge is 0.161 e. The second-order valence-electron chi connectivity index (χ2n) is 5.31. The Bertz CT molecular complexity index is 422. The van der Waals surface area contributed by atoms with Crippen molar-refractivity contribution < 1.29 is 14.2 Å². The van der Waals surface area contributed by atoms with Gasteiger partial charge in [0.1, 0.15) is 13.2 Å². The van der Waals surface area contributed by atoms with E-state index < -0.39 is 0 Å². The van der Waals surface area contributed by atoms with E-state index in [0.29, 0.717) is 25.2 Å². The summed E-state index contributed by atoms with van der Waals surface area (Å²) in [7, 11) is 1.75. The van der Waals surface area contributed by atoms with Crippen LogP contribution in [-0.2, 0) is 4.74 Å². The van der Waals surface area contributed by atoms with Gasteiger partial charge in [0.15, 0.2) is 11.5 Å². The quantitative estimate of drug-likeness (QED) is 0.833. The van der Waals surface area contributed by atoms with Crippen LogP contribution in [0.5, 0.6) is 11.5 Å². The van der Waals surface area contributed by atoms with Crippen LogP contribution in [0.25, 0.3) is 0 Å². The van der Waals surface area contributed by atoms with Crippen molar-refractivity contribution in [3.05, 3.63) is 23.8 Å². The lowest BCUT2D eigenvalue weighted by atomic mass is 9.96. The molecule has 0 spiro atoms. The zero-order valence-electron chi connectivity index (χ0n) is 12.6. The van der Waals surface area contributed by atoms with Crippen molar-refractivity contribution in [2.45, 2.75) is 26.3 Å². The molecule has 0 radical (unpaired) electrons. The summed E-state index contributed by atoms with van der Waals surface area (Å²) in [5, 5.41) is 3.54. The number of fused-ring (bicyclic) bond motifs is 1. The molecule has 0 aromatic heterocycles. The molecular weight excluding hydrogens is 254 g/mol. The third-order valence-corrected chi connectivity index (χ3v) is 3.51. The van der Waals surface area contributed by atoms with Crippen LogP contribution in [0, 0.1) is 5.92 Å². The fourth-order valence-corrected chi connectivity index (χ4v) is 2.62. The van der Waals surface area contributed by atoms with Gasteiger partial charge >= 0.3 is 0 Å². The molecule has 1 aromatic rings. The van der Waals surface area contributed by atoms with E-state index in [2.05, 4.69) is 31.3 Å². The summed E-state index contributed by atoms with van der Waals surface area (Å²) in [6.45, 7) is 7.33. The average molecular weight is 279 g/mol. The molecule has 0 fully saturated rings. The topological polar surface area (TPSA) is 39.7 Å². The van der Waals surface area contributed by atoms with E-state index >= 15 is 0 Å². The Labute approximate surface area is 121 Å². The summed E-state index contributed by atoms with van der Waals surface area (Å²) < 4.78 is 16.5. The van der Waals surface area contributed by atoms with Crippen molar-refractivity contribution in [3.63, 3.8) is 0 Å². The summed E-state index contributed by atoms with van der Waals surface area (Å²) >= 11 is 0. The monoisotopic (exact) mass is 279 g/mol. The van der Waals surface area contributed by atoms with Crippen LogP contribution in [0.3, 0.4) is 0 Å². The van der Waals surface area contributed by atoms with E-state index in [4.69, 9.17) is 14.2 Å². The summed E-state index contributed by atoms with van der Waals surface area (Å²) in [5.74, 6) is 2.22. The first kappa shape index (κ1) is 15.1. The maximum atomic E-state index is 5.67. The fourth-order valence-electron chi connectivity index (χ4n) is 2.62. The largest absolute Gasteiger partial charge is 0.486 e. The highest BCUT2D eigenvalue weighted by atomic mass is 16.6. The standard InChI is InChI=1S/C16H25NO3/c1-4-17-14(9-12(2)11-18-3)13-5-6-15-16(10-13)20-8-7-19-15/h5-6,10,12,14,17H,4,7-9,11H2,1-3H3. The number of methoxy groups -OCH3 is 1. The lowest BCUT2D eigenvalue weighted by Crippen LogP contribution is -2.24. The van der Waals surface area contributed by atoms with Gasteiger partial charge in [-0.3, -0.25) is 0 Å². The molecule has 1 N–H and O–H groups in total. The van der Waals surface area contributed by atoms with Gasteiger partial charge in [-0.05, 0) is 36.6 Å². The minimum Gasteiger partial charge on any atom is -0.486 e. The van der Waals surface area contributed by atoms with Crippen molar-refractivity contribution >= 4 is 0 Å². The van der Waals surface area contributed by atoms with Gasteiger partial charge in [-0.15, -0.1) is 0 Å². The van der Waals surface area contributed by atoms with E-state index in [9.17, 15) is 0 Å². The molecule has 0 saturated carbocycles. The average Bonchev–Trinajstić information content (AvgIpc) is 2.46. The highest BCUT2D eigenvalue weighted by Crippen LogP contribution is 2.34. The van der Waals surface area contributed by atoms with Gasteiger partial charge < -0.3 is 19.5 Å². The molecule has 4 heteroatoms. The van der Waals surface area contributed by atoms with Crippen LogP contribution in [0.15, 0.2) is 18.2 Å². The van der Waals surface area contributed by atoms with Crippen LogP contribution in [0.1, 0.15) is 31.9 Å². The molecule has 112 valence electrons. The van der Waals surface area contributed by atoms with E-state index in [1.165, 1.54) is 5.56 Å². The van der Waals surface area contributed by atoms with Gasteiger partial charge in [0.05, 0.1) is 0 Å². The second-order valence-corrected chi connectivity index (χ2v) is 5.31. The zero-order chi connectivity index (χ0) is 14.4. The third kappa shape index (κ3) is 3.87. The molecule has 1 heterocycles. The first-order valence-electron chi connectivity index (χ1n) is 7.36. The molecule has 1 aromatic carbocycles. The number of ether oxygens (including phenoxy) is 3.